The second-order valence-electron chi connectivity index (χ2n) is 5.27. The lowest BCUT2D eigenvalue weighted by atomic mass is 10.0. The van der Waals surface area contributed by atoms with E-state index in [1.54, 1.807) is 6.92 Å². The van der Waals surface area contributed by atoms with Crippen LogP contribution in [-0.4, -0.2) is 31.9 Å². The molecule has 116 valence electrons. The SMILES string of the molecule is Cc1nc2cc(F)cc(O)c2c(=O)n1C1CCC(=O)NC1O. The second-order valence-corrected chi connectivity index (χ2v) is 5.27. The minimum atomic E-state index is -1.22. The van der Waals surface area contributed by atoms with Gasteiger partial charge in [-0.25, -0.2) is 9.37 Å². The average molecular weight is 307 g/mol. The summed E-state index contributed by atoms with van der Waals surface area (Å²) in [6, 6.07) is 1.21. The number of phenolic OH excluding ortho intramolecular Hbond substituents is 1. The van der Waals surface area contributed by atoms with Crippen molar-refractivity contribution in [2.45, 2.75) is 32.0 Å². The molecule has 0 spiro atoms. The van der Waals surface area contributed by atoms with Crippen LogP contribution in [0.15, 0.2) is 16.9 Å². The minimum absolute atomic E-state index is 0.0468. The maximum atomic E-state index is 13.3. The van der Waals surface area contributed by atoms with Crippen molar-refractivity contribution in [1.29, 1.82) is 0 Å². The van der Waals surface area contributed by atoms with Crippen molar-refractivity contribution in [1.82, 2.24) is 14.9 Å². The molecule has 1 saturated heterocycles. The van der Waals surface area contributed by atoms with Crippen LogP contribution in [0.4, 0.5) is 4.39 Å². The van der Waals surface area contributed by atoms with Crippen molar-refractivity contribution >= 4 is 16.8 Å². The van der Waals surface area contributed by atoms with E-state index in [1.807, 2.05) is 0 Å². The molecule has 7 nitrogen and oxygen atoms in total. The molecule has 1 aromatic carbocycles. The zero-order chi connectivity index (χ0) is 16.0. The molecular weight excluding hydrogens is 293 g/mol. The van der Waals surface area contributed by atoms with E-state index in [0.717, 1.165) is 12.1 Å². The topological polar surface area (TPSA) is 104 Å². The fourth-order valence-electron chi connectivity index (χ4n) is 2.81. The number of amides is 1. The van der Waals surface area contributed by atoms with E-state index >= 15 is 0 Å². The van der Waals surface area contributed by atoms with Gasteiger partial charge in [0.1, 0.15) is 29.0 Å². The predicted molar refractivity (Wildman–Crippen MR) is 74.8 cm³/mol. The summed E-state index contributed by atoms with van der Waals surface area (Å²) >= 11 is 0. The van der Waals surface area contributed by atoms with Crippen LogP contribution < -0.4 is 10.9 Å². The molecule has 3 rings (SSSR count). The highest BCUT2D eigenvalue weighted by Crippen LogP contribution is 2.26. The Hall–Kier alpha value is -2.48. The number of aliphatic hydroxyl groups is 1. The number of rotatable bonds is 1. The van der Waals surface area contributed by atoms with Crippen LogP contribution in [0.1, 0.15) is 24.7 Å². The number of hydrogen-bond acceptors (Lipinski definition) is 5. The number of aryl methyl sites for hydroxylation is 1. The number of nitrogens with zero attached hydrogens (tertiary/aromatic N) is 2. The van der Waals surface area contributed by atoms with Gasteiger partial charge in [-0.05, 0) is 13.3 Å². The quantitative estimate of drug-likeness (QED) is 0.704. The third-order valence-electron chi connectivity index (χ3n) is 3.80. The highest BCUT2D eigenvalue weighted by atomic mass is 19.1. The van der Waals surface area contributed by atoms with Crippen LogP contribution in [0, 0.1) is 12.7 Å². The van der Waals surface area contributed by atoms with E-state index in [4.69, 9.17) is 0 Å². The first-order valence-electron chi connectivity index (χ1n) is 6.77. The maximum absolute atomic E-state index is 13.3. The van der Waals surface area contributed by atoms with Crippen molar-refractivity contribution in [2.75, 3.05) is 0 Å². The van der Waals surface area contributed by atoms with E-state index in [9.17, 15) is 24.2 Å². The molecule has 2 heterocycles. The molecule has 22 heavy (non-hydrogen) atoms. The third kappa shape index (κ3) is 2.21. The number of aromatic nitrogens is 2. The highest BCUT2D eigenvalue weighted by molar-refractivity contribution is 5.84. The Kier molecular flexibility index (Phi) is 3.32. The van der Waals surface area contributed by atoms with Gasteiger partial charge in [0, 0.05) is 18.6 Å². The third-order valence-corrected chi connectivity index (χ3v) is 3.80. The van der Waals surface area contributed by atoms with Gasteiger partial charge in [-0.2, -0.15) is 0 Å². The van der Waals surface area contributed by atoms with Gasteiger partial charge in [-0.1, -0.05) is 0 Å². The van der Waals surface area contributed by atoms with E-state index in [1.165, 1.54) is 4.57 Å². The molecule has 2 atom stereocenters. The van der Waals surface area contributed by atoms with Crippen molar-refractivity contribution in [3.05, 3.63) is 34.1 Å². The number of piperidine rings is 1. The number of fused-ring (bicyclic) bond motifs is 1. The number of halogens is 1. The Morgan fingerprint density at radius 2 is 2.14 bits per heavy atom. The molecule has 1 fully saturated rings. The summed E-state index contributed by atoms with van der Waals surface area (Å²) in [7, 11) is 0. The molecular formula is C14H14FN3O4. The Bertz CT molecular complexity index is 833. The lowest BCUT2D eigenvalue weighted by Crippen LogP contribution is -2.48. The van der Waals surface area contributed by atoms with Gasteiger partial charge < -0.3 is 15.5 Å². The summed E-state index contributed by atoms with van der Waals surface area (Å²) < 4.78 is 14.6. The largest absolute Gasteiger partial charge is 0.507 e. The number of aliphatic hydroxyl groups excluding tert-OH is 1. The van der Waals surface area contributed by atoms with Gasteiger partial charge in [-0.15, -0.1) is 0 Å². The summed E-state index contributed by atoms with van der Waals surface area (Å²) in [6.07, 6.45) is -0.788. The van der Waals surface area contributed by atoms with Crippen LogP contribution >= 0.6 is 0 Å². The molecule has 0 aliphatic carbocycles. The molecule has 3 N–H and O–H groups in total. The number of hydrogen-bond donors (Lipinski definition) is 3. The predicted octanol–water partition coefficient (Wildman–Crippen LogP) is 0.319. The Morgan fingerprint density at radius 3 is 2.82 bits per heavy atom. The van der Waals surface area contributed by atoms with E-state index < -0.39 is 29.4 Å². The molecule has 1 aliphatic rings. The maximum Gasteiger partial charge on any atom is 0.265 e. The molecule has 1 amide bonds. The molecule has 0 saturated carbocycles. The van der Waals surface area contributed by atoms with Crippen LogP contribution in [0.3, 0.4) is 0 Å². The summed E-state index contributed by atoms with van der Waals surface area (Å²) in [6.45, 7) is 1.55. The number of carbonyl (C=O) groups excluding carboxylic acids is 1. The average Bonchev–Trinajstić information content (AvgIpc) is 2.39. The van der Waals surface area contributed by atoms with E-state index in [0.29, 0.717) is 0 Å². The Balaban J connectivity index is 2.23. The molecule has 1 aromatic heterocycles. The van der Waals surface area contributed by atoms with Crippen LogP contribution in [0.2, 0.25) is 0 Å². The Morgan fingerprint density at radius 1 is 1.41 bits per heavy atom. The van der Waals surface area contributed by atoms with E-state index in [2.05, 4.69) is 10.3 Å². The number of aromatic hydroxyl groups is 1. The molecule has 2 unspecified atom stereocenters. The molecule has 0 radical (unpaired) electrons. The highest BCUT2D eigenvalue weighted by Gasteiger charge is 2.31. The summed E-state index contributed by atoms with van der Waals surface area (Å²) in [5.41, 5.74) is -0.536. The van der Waals surface area contributed by atoms with Crippen LogP contribution in [0.5, 0.6) is 5.75 Å². The zero-order valence-corrected chi connectivity index (χ0v) is 11.7. The zero-order valence-electron chi connectivity index (χ0n) is 11.7. The second kappa shape index (κ2) is 5.06. The standard InChI is InChI=1S/C14H14FN3O4/c1-6-16-8-4-7(15)5-10(19)12(8)14(22)18(6)9-2-3-11(20)17-13(9)21/h4-5,9,13,19,21H,2-3H2,1H3,(H,17,20). The van der Waals surface area contributed by atoms with Gasteiger partial charge in [0.25, 0.3) is 5.56 Å². The fourth-order valence-corrected chi connectivity index (χ4v) is 2.81. The van der Waals surface area contributed by atoms with Crippen LogP contribution in [-0.2, 0) is 4.79 Å². The summed E-state index contributed by atoms with van der Waals surface area (Å²) in [5.74, 6) is -1.23. The van der Waals surface area contributed by atoms with Gasteiger partial charge in [0.05, 0.1) is 11.6 Å². The molecule has 2 aromatic rings. The number of benzene rings is 1. The first-order valence-corrected chi connectivity index (χ1v) is 6.77. The van der Waals surface area contributed by atoms with Crippen molar-refractivity contribution in [2.24, 2.45) is 0 Å². The number of carbonyl (C=O) groups is 1. The molecule has 0 bridgehead atoms. The first kappa shape index (κ1) is 14.5. The number of phenols is 1. The first-order chi connectivity index (χ1) is 10.4. The smallest absolute Gasteiger partial charge is 0.265 e. The van der Waals surface area contributed by atoms with Gasteiger partial charge >= 0.3 is 0 Å². The summed E-state index contributed by atoms with van der Waals surface area (Å²) in [5, 5.41) is 22.1. The van der Waals surface area contributed by atoms with E-state index in [-0.39, 0.29) is 35.5 Å². The number of nitrogens with one attached hydrogen (secondary N) is 1. The summed E-state index contributed by atoms with van der Waals surface area (Å²) in [4.78, 5) is 28.0. The van der Waals surface area contributed by atoms with Crippen molar-refractivity contribution in [3.8, 4) is 5.75 Å². The lowest BCUT2D eigenvalue weighted by molar-refractivity contribution is -0.128. The lowest BCUT2D eigenvalue weighted by Gasteiger charge is -2.30. The van der Waals surface area contributed by atoms with Crippen LogP contribution in [0.25, 0.3) is 10.9 Å². The fraction of sp³-hybridized carbons (Fsp3) is 0.357. The van der Waals surface area contributed by atoms with Crippen molar-refractivity contribution in [3.63, 3.8) is 0 Å². The van der Waals surface area contributed by atoms with Crippen molar-refractivity contribution < 1.29 is 19.4 Å². The molecule has 8 heteroatoms. The van der Waals surface area contributed by atoms with Gasteiger partial charge in [0.2, 0.25) is 5.91 Å². The minimum Gasteiger partial charge on any atom is -0.507 e. The Labute approximate surface area is 124 Å². The van der Waals surface area contributed by atoms with Gasteiger partial charge in [-0.3, -0.25) is 14.2 Å². The monoisotopic (exact) mass is 307 g/mol. The van der Waals surface area contributed by atoms with Gasteiger partial charge in [0.15, 0.2) is 0 Å². The normalized spacial score (nSPS) is 21.9. The molecule has 1 aliphatic heterocycles.